The Balaban J connectivity index is 1.64. The average molecular weight is 565 g/mol. The van der Waals surface area contributed by atoms with Crippen molar-refractivity contribution < 1.29 is 24.2 Å². The van der Waals surface area contributed by atoms with Crippen molar-refractivity contribution in [2.24, 2.45) is 17.8 Å². The summed E-state index contributed by atoms with van der Waals surface area (Å²) in [5.41, 5.74) is -0.554. The number of fused-ring (bicyclic) bond motifs is 2. The number of carbonyl (C=O) groups is 3. The second kappa shape index (κ2) is 10.9. The van der Waals surface area contributed by atoms with Crippen molar-refractivity contribution in [1.82, 2.24) is 9.80 Å². The average Bonchev–Trinajstić information content (AvgIpc) is 3.26. The van der Waals surface area contributed by atoms with E-state index in [1.54, 1.807) is 21.7 Å². The van der Waals surface area contributed by atoms with Crippen LogP contribution in [0.2, 0.25) is 0 Å². The summed E-state index contributed by atoms with van der Waals surface area (Å²) in [5, 5.41) is 10.5. The molecule has 9 heteroatoms. The van der Waals surface area contributed by atoms with Crippen molar-refractivity contribution in [3.63, 3.8) is 0 Å². The van der Waals surface area contributed by atoms with E-state index in [9.17, 15) is 19.5 Å². The molecular weight excluding hydrogens is 520 g/mol. The number of carbonyl (C=O) groups excluding carboxylic acids is 3. The standard InChI is InChI=1S/C32H44N4O5/c1-7-31-16-10-18-33(6)28(38)25(31)26-29(39)36(24(20-37)21(4)5)27-30(40)35(19-11-17-32(26,27)41-31)23-14-12-22(13-15-23)34(8-2)9-3/h10-17,21,24-27,37H,7-9,18-20H2,1-6H3/t24-,25+,26-,27?,31-,32-/m0/s1. The highest BCUT2D eigenvalue weighted by Gasteiger charge is 2.76. The lowest BCUT2D eigenvalue weighted by Gasteiger charge is -2.41. The second-order valence-corrected chi connectivity index (χ2v) is 12.0. The molecule has 1 N–H and O–H groups in total. The Morgan fingerprint density at radius 3 is 2.20 bits per heavy atom. The maximum absolute atomic E-state index is 14.7. The van der Waals surface area contributed by atoms with Crippen molar-refractivity contribution in [3.05, 3.63) is 48.6 Å². The van der Waals surface area contributed by atoms with E-state index in [0.29, 0.717) is 19.5 Å². The van der Waals surface area contributed by atoms with Crippen LogP contribution in [0.4, 0.5) is 11.4 Å². The van der Waals surface area contributed by atoms with E-state index in [2.05, 4.69) is 18.7 Å². The molecule has 4 aliphatic heterocycles. The molecule has 0 aliphatic carbocycles. The van der Waals surface area contributed by atoms with E-state index in [1.807, 2.05) is 69.3 Å². The van der Waals surface area contributed by atoms with Gasteiger partial charge in [0.05, 0.1) is 30.1 Å². The summed E-state index contributed by atoms with van der Waals surface area (Å²) in [6.45, 7) is 12.2. The first-order valence-corrected chi connectivity index (χ1v) is 15.0. The molecule has 9 nitrogen and oxygen atoms in total. The Morgan fingerprint density at radius 2 is 1.61 bits per heavy atom. The van der Waals surface area contributed by atoms with Gasteiger partial charge in [0.25, 0.3) is 5.91 Å². The Hall–Kier alpha value is -3.17. The molecule has 3 amide bonds. The van der Waals surface area contributed by atoms with E-state index in [1.165, 1.54) is 0 Å². The summed E-state index contributed by atoms with van der Waals surface area (Å²) < 4.78 is 6.99. The van der Waals surface area contributed by atoms with Crippen molar-refractivity contribution in [1.29, 1.82) is 0 Å². The molecule has 4 aliphatic rings. The molecular formula is C32H44N4O5. The van der Waals surface area contributed by atoms with E-state index >= 15 is 0 Å². The third-order valence-corrected chi connectivity index (χ3v) is 9.68. The highest BCUT2D eigenvalue weighted by Crippen LogP contribution is 2.59. The number of aliphatic hydroxyl groups excluding tert-OH is 1. The quantitative estimate of drug-likeness (QED) is 0.488. The molecule has 1 aromatic carbocycles. The normalized spacial score (nSPS) is 31.8. The Kier molecular flexibility index (Phi) is 7.80. The molecule has 1 spiro atoms. The van der Waals surface area contributed by atoms with Gasteiger partial charge in [-0.3, -0.25) is 14.4 Å². The number of hydrogen-bond acceptors (Lipinski definition) is 6. The zero-order chi connectivity index (χ0) is 29.7. The fourth-order valence-electron chi connectivity index (χ4n) is 7.46. The van der Waals surface area contributed by atoms with E-state index in [-0.39, 0.29) is 30.2 Å². The Bertz CT molecular complexity index is 1240. The number of aliphatic hydroxyl groups is 1. The Morgan fingerprint density at radius 1 is 0.951 bits per heavy atom. The number of hydrogen-bond donors (Lipinski definition) is 1. The SMILES string of the molecule is CCN(CC)c1ccc(N2CC=C[C@]34O[C@@]5(CC)C=CCN(C)C(=O)[C@H]5[C@H]3C(=O)N([C@@H](CO)C(C)C)C4C2=O)cc1. The Labute approximate surface area is 243 Å². The summed E-state index contributed by atoms with van der Waals surface area (Å²) in [7, 11) is 1.74. The topological polar surface area (TPSA) is 93.6 Å². The lowest BCUT2D eigenvalue weighted by atomic mass is 9.73. The number of ether oxygens (including phenoxy) is 1. The van der Waals surface area contributed by atoms with E-state index in [4.69, 9.17) is 4.74 Å². The molecule has 2 fully saturated rings. The number of anilines is 2. The number of likely N-dealkylation sites (tertiary alicyclic amines) is 1. The minimum absolute atomic E-state index is 0.120. The third kappa shape index (κ3) is 4.31. The van der Waals surface area contributed by atoms with Crippen LogP contribution in [0.1, 0.15) is 41.0 Å². The van der Waals surface area contributed by atoms with Crippen LogP contribution in [0.15, 0.2) is 48.6 Å². The van der Waals surface area contributed by atoms with Gasteiger partial charge in [0.2, 0.25) is 11.8 Å². The summed E-state index contributed by atoms with van der Waals surface area (Å²) in [4.78, 5) is 50.3. The zero-order valence-electron chi connectivity index (χ0n) is 25.1. The van der Waals surface area contributed by atoms with Gasteiger partial charge in [0, 0.05) is 44.6 Å². The maximum atomic E-state index is 14.7. The van der Waals surface area contributed by atoms with Crippen molar-refractivity contribution >= 4 is 29.1 Å². The lowest BCUT2D eigenvalue weighted by molar-refractivity contribution is -0.153. The largest absolute Gasteiger partial charge is 0.394 e. The van der Waals surface area contributed by atoms with Gasteiger partial charge in [-0.2, -0.15) is 0 Å². The van der Waals surface area contributed by atoms with Gasteiger partial charge in [-0.05, 0) is 50.5 Å². The number of likely N-dealkylation sites (N-methyl/N-ethyl adjacent to an activating group) is 1. The monoisotopic (exact) mass is 564 g/mol. The molecule has 0 saturated carbocycles. The summed E-state index contributed by atoms with van der Waals surface area (Å²) in [6, 6.07) is 6.28. The fourth-order valence-corrected chi connectivity index (χ4v) is 7.46. The zero-order valence-corrected chi connectivity index (χ0v) is 25.1. The summed E-state index contributed by atoms with van der Waals surface area (Å²) in [6.07, 6.45) is 8.10. The van der Waals surface area contributed by atoms with Crippen LogP contribution in [0, 0.1) is 17.8 Å². The molecule has 1 unspecified atom stereocenters. The molecule has 41 heavy (non-hydrogen) atoms. The molecule has 4 heterocycles. The number of rotatable bonds is 8. The highest BCUT2D eigenvalue weighted by molar-refractivity contribution is 6.06. The van der Waals surface area contributed by atoms with Crippen LogP contribution in [0.25, 0.3) is 0 Å². The highest BCUT2D eigenvalue weighted by atomic mass is 16.5. The van der Waals surface area contributed by atoms with Crippen LogP contribution in [0.3, 0.4) is 0 Å². The van der Waals surface area contributed by atoms with Crippen LogP contribution < -0.4 is 9.80 Å². The van der Waals surface area contributed by atoms with Gasteiger partial charge in [0.15, 0.2) is 0 Å². The van der Waals surface area contributed by atoms with Gasteiger partial charge in [-0.25, -0.2) is 0 Å². The molecule has 6 atom stereocenters. The van der Waals surface area contributed by atoms with Gasteiger partial charge in [0.1, 0.15) is 11.6 Å². The molecule has 0 aromatic heterocycles. The molecule has 5 rings (SSSR count). The van der Waals surface area contributed by atoms with Gasteiger partial charge in [-0.15, -0.1) is 0 Å². The van der Waals surface area contributed by atoms with Crippen LogP contribution in [-0.2, 0) is 19.1 Å². The second-order valence-electron chi connectivity index (χ2n) is 12.0. The van der Waals surface area contributed by atoms with Crippen LogP contribution in [-0.4, -0.2) is 95.7 Å². The molecule has 222 valence electrons. The van der Waals surface area contributed by atoms with Crippen LogP contribution in [0.5, 0.6) is 0 Å². The van der Waals surface area contributed by atoms with Crippen LogP contribution >= 0.6 is 0 Å². The first-order valence-electron chi connectivity index (χ1n) is 15.0. The molecule has 0 radical (unpaired) electrons. The van der Waals surface area contributed by atoms with E-state index in [0.717, 1.165) is 24.5 Å². The third-order valence-electron chi connectivity index (χ3n) is 9.68. The minimum Gasteiger partial charge on any atom is -0.394 e. The number of nitrogens with zero attached hydrogens (tertiary/aromatic N) is 4. The van der Waals surface area contributed by atoms with Crippen molar-refractivity contribution in [3.8, 4) is 0 Å². The fraction of sp³-hybridized carbons (Fsp3) is 0.594. The molecule has 0 bridgehead atoms. The van der Waals surface area contributed by atoms with Gasteiger partial charge < -0.3 is 29.4 Å². The van der Waals surface area contributed by atoms with Crippen molar-refractivity contribution in [2.75, 3.05) is 49.6 Å². The smallest absolute Gasteiger partial charge is 0.253 e. The summed E-state index contributed by atoms with van der Waals surface area (Å²) >= 11 is 0. The molecule has 2 saturated heterocycles. The lowest BCUT2D eigenvalue weighted by Crippen LogP contribution is -2.60. The van der Waals surface area contributed by atoms with Gasteiger partial charge >= 0.3 is 0 Å². The summed E-state index contributed by atoms with van der Waals surface area (Å²) in [5.74, 6) is -2.52. The van der Waals surface area contributed by atoms with Gasteiger partial charge in [-0.1, -0.05) is 45.1 Å². The predicted octanol–water partition coefficient (Wildman–Crippen LogP) is 2.84. The predicted molar refractivity (Wildman–Crippen MR) is 158 cm³/mol. The first kappa shape index (κ1) is 29.3. The maximum Gasteiger partial charge on any atom is 0.253 e. The first-order chi connectivity index (χ1) is 19.6. The minimum atomic E-state index is -1.34. The number of benzene rings is 1. The van der Waals surface area contributed by atoms with E-state index < -0.39 is 35.1 Å². The van der Waals surface area contributed by atoms with Crippen molar-refractivity contribution in [2.45, 2.75) is 64.3 Å². The number of amides is 3. The molecule has 1 aromatic rings.